The first kappa shape index (κ1) is 13.0. The van der Waals surface area contributed by atoms with Gasteiger partial charge >= 0.3 is 5.97 Å². The van der Waals surface area contributed by atoms with Gasteiger partial charge in [-0.2, -0.15) is 5.26 Å². The standard InChI is InChI=1S/C13H15NO3/c1-3-17-12-6-4-10(5-7-12)8-11(9-14)13(15)16-2/h4-7,11H,3,8H2,1-2H3. The van der Waals surface area contributed by atoms with Crippen LogP contribution in [0.25, 0.3) is 0 Å². The third kappa shape index (κ3) is 3.80. The van der Waals surface area contributed by atoms with Gasteiger partial charge in [0.2, 0.25) is 0 Å². The summed E-state index contributed by atoms with van der Waals surface area (Å²) in [5, 5.41) is 8.85. The fourth-order valence-corrected chi connectivity index (χ4v) is 1.45. The van der Waals surface area contributed by atoms with Gasteiger partial charge in [-0.05, 0) is 31.0 Å². The molecule has 0 spiro atoms. The second-order valence-corrected chi connectivity index (χ2v) is 3.49. The maximum Gasteiger partial charge on any atom is 0.323 e. The molecule has 1 unspecified atom stereocenters. The Morgan fingerprint density at radius 2 is 2.06 bits per heavy atom. The molecule has 0 saturated carbocycles. The van der Waals surface area contributed by atoms with Crippen molar-refractivity contribution in [3.05, 3.63) is 29.8 Å². The quantitative estimate of drug-likeness (QED) is 0.729. The number of esters is 1. The van der Waals surface area contributed by atoms with Gasteiger partial charge in [0, 0.05) is 0 Å². The molecule has 0 amide bonds. The van der Waals surface area contributed by atoms with E-state index in [4.69, 9.17) is 10.00 Å². The van der Waals surface area contributed by atoms with E-state index in [1.165, 1.54) is 7.11 Å². The molecule has 0 saturated heterocycles. The molecule has 0 bridgehead atoms. The van der Waals surface area contributed by atoms with E-state index in [0.717, 1.165) is 11.3 Å². The number of nitriles is 1. The molecular formula is C13H15NO3. The minimum absolute atomic E-state index is 0.357. The molecule has 17 heavy (non-hydrogen) atoms. The summed E-state index contributed by atoms with van der Waals surface area (Å²) in [6.45, 7) is 2.53. The summed E-state index contributed by atoms with van der Waals surface area (Å²) < 4.78 is 9.86. The van der Waals surface area contributed by atoms with E-state index < -0.39 is 11.9 Å². The van der Waals surface area contributed by atoms with E-state index in [1.54, 1.807) is 0 Å². The molecule has 0 heterocycles. The van der Waals surface area contributed by atoms with Gasteiger partial charge in [0.05, 0.1) is 19.8 Å². The first-order chi connectivity index (χ1) is 8.21. The van der Waals surface area contributed by atoms with Crippen molar-refractivity contribution in [1.82, 2.24) is 0 Å². The van der Waals surface area contributed by atoms with Crippen molar-refractivity contribution in [1.29, 1.82) is 5.26 Å². The van der Waals surface area contributed by atoms with Gasteiger partial charge in [-0.1, -0.05) is 12.1 Å². The summed E-state index contributed by atoms with van der Waals surface area (Å²) in [5.41, 5.74) is 0.908. The molecule has 90 valence electrons. The molecule has 0 aliphatic heterocycles. The number of rotatable bonds is 5. The molecule has 1 atom stereocenters. The Labute approximate surface area is 101 Å². The Hall–Kier alpha value is -2.02. The molecule has 4 nitrogen and oxygen atoms in total. The highest BCUT2D eigenvalue weighted by Gasteiger charge is 2.18. The highest BCUT2D eigenvalue weighted by Crippen LogP contribution is 2.15. The minimum Gasteiger partial charge on any atom is -0.494 e. The fourth-order valence-electron chi connectivity index (χ4n) is 1.45. The molecule has 0 aliphatic carbocycles. The van der Waals surface area contributed by atoms with Crippen molar-refractivity contribution < 1.29 is 14.3 Å². The molecule has 0 radical (unpaired) electrons. The number of carbonyl (C=O) groups is 1. The molecule has 0 fully saturated rings. The van der Waals surface area contributed by atoms with Gasteiger partial charge in [-0.15, -0.1) is 0 Å². The van der Waals surface area contributed by atoms with Crippen LogP contribution in [0, 0.1) is 17.2 Å². The lowest BCUT2D eigenvalue weighted by atomic mass is 10.0. The normalized spacial score (nSPS) is 11.4. The molecular weight excluding hydrogens is 218 g/mol. The average molecular weight is 233 g/mol. The SMILES string of the molecule is CCOc1ccc(CC(C#N)C(=O)OC)cc1. The molecule has 1 aromatic rings. The molecule has 4 heteroatoms. The third-order valence-electron chi connectivity index (χ3n) is 2.32. The monoisotopic (exact) mass is 233 g/mol. The van der Waals surface area contributed by atoms with Crippen LogP contribution in [0.1, 0.15) is 12.5 Å². The van der Waals surface area contributed by atoms with Crippen molar-refractivity contribution in [3.63, 3.8) is 0 Å². The summed E-state index contributed by atoms with van der Waals surface area (Å²) in [5.74, 6) is -0.470. The molecule has 0 aromatic heterocycles. The number of hydrogen-bond acceptors (Lipinski definition) is 4. The van der Waals surface area contributed by atoms with Gasteiger partial charge in [0.1, 0.15) is 11.7 Å². The summed E-state index contributed by atoms with van der Waals surface area (Å²) >= 11 is 0. The van der Waals surface area contributed by atoms with E-state index in [2.05, 4.69) is 4.74 Å². The fraction of sp³-hybridized carbons (Fsp3) is 0.385. The lowest BCUT2D eigenvalue weighted by Crippen LogP contribution is -2.16. The van der Waals surface area contributed by atoms with Crippen LogP contribution in [0.2, 0.25) is 0 Å². The van der Waals surface area contributed by atoms with Gasteiger partial charge in [-0.3, -0.25) is 4.79 Å². The zero-order valence-electron chi connectivity index (χ0n) is 9.97. The van der Waals surface area contributed by atoms with E-state index in [9.17, 15) is 4.79 Å². The Morgan fingerprint density at radius 1 is 1.41 bits per heavy atom. The zero-order chi connectivity index (χ0) is 12.7. The predicted octanol–water partition coefficient (Wildman–Crippen LogP) is 1.94. The largest absolute Gasteiger partial charge is 0.494 e. The Bertz CT molecular complexity index is 406. The second-order valence-electron chi connectivity index (χ2n) is 3.49. The highest BCUT2D eigenvalue weighted by atomic mass is 16.5. The molecule has 1 aromatic carbocycles. The zero-order valence-corrected chi connectivity index (χ0v) is 9.97. The number of nitrogens with zero attached hydrogens (tertiary/aromatic N) is 1. The van der Waals surface area contributed by atoms with Gasteiger partial charge in [0.25, 0.3) is 0 Å². The van der Waals surface area contributed by atoms with Crippen molar-refractivity contribution in [2.75, 3.05) is 13.7 Å². The lowest BCUT2D eigenvalue weighted by Gasteiger charge is -2.08. The highest BCUT2D eigenvalue weighted by molar-refractivity contribution is 5.75. The van der Waals surface area contributed by atoms with E-state index in [1.807, 2.05) is 37.3 Å². The first-order valence-corrected chi connectivity index (χ1v) is 5.40. The van der Waals surface area contributed by atoms with Crippen molar-refractivity contribution in [2.24, 2.45) is 5.92 Å². The maximum absolute atomic E-state index is 11.2. The van der Waals surface area contributed by atoms with Crippen molar-refractivity contribution >= 4 is 5.97 Å². The topological polar surface area (TPSA) is 59.3 Å². The van der Waals surface area contributed by atoms with Crippen molar-refractivity contribution in [2.45, 2.75) is 13.3 Å². The second kappa shape index (κ2) is 6.54. The predicted molar refractivity (Wildman–Crippen MR) is 62.4 cm³/mol. The number of benzene rings is 1. The van der Waals surface area contributed by atoms with Crippen LogP contribution in [0.15, 0.2) is 24.3 Å². The number of ether oxygens (including phenoxy) is 2. The number of carbonyl (C=O) groups excluding carboxylic acids is 1. The van der Waals surface area contributed by atoms with Crippen LogP contribution in [0.4, 0.5) is 0 Å². The average Bonchev–Trinajstić information content (AvgIpc) is 2.37. The van der Waals surface area contributed by atoms with Gasteiger partial charge in [0.15, 0.2) is 0 Å². The van der Waals surface area contributed by atoms with Gasteiger partial charge in [-0.25, -0.2) is 0 Å². The molecule has 0 N–H and O–H groups in total. The van der Waals surface area contributed by atoms with Crippen LogP contribution >= 0.6 is 0 Å². The first-order valence-electron chi connectivity index (χ1n) is 5.40. The summed E-state index contributed by atoms with van der Waals surface area (Å²) in [6.07, 6.45) is 0.357. The molecule has 1 rings (SSSR count). The lowest BCUT2D eigenvalue weighted by molar-refractivity contribution is -0.143. The van der Waals surface area contributed by atoms with Crippen molar-refractivity contribution in [3.8, 4) is 11.8 Å². The summed E-state index contributed by atoms with van der Waals surface area (Å²) in [6, 6.07) is 9.27. The van der Waals surface area contributed by atoms with Gasteiger partial charge < -0.3 is 9.47 Å². The minimum atomic E-state index is -0.752. The van der Waals surface area contributed by atoms with E-state index >= 15 is 0 Å². The smallest absolute Gasteiger partial charge is 0.323 e. The van der Waals surface area contributed by atoms with Crippen LogP contribution in [-0.2, 0) is 16.0 Å². The number of hydrogen-bond donors (Lipinski definition) is 0. The Kier molecular flexibility index (Phi) is 5.02. The van der Waals surface area contributed by atoms with E-state index in [-0.39, 0.29) is 0 Å². The molecule has 0 aliphatic rings. The summed E-state index contributed by atoms with van der Waals surface area (Å²) in [4.78, 5) is 11.2. The van der Waals surface area contributed by atoms with Crippen LogP contribution in [-0.4, -0.2) is 19.7 Å². The Balaban J connectivity index is 2.68. The third-order valence-corrected chi connectivity index (χ3v) is 2.32. The number of methoxy groups -OCH3 is 1. The van der Waals surface area contributed by atoms with Crippen LogP contribution in [0.3, 0.4) is 0 Å². The Morgan fingerprint density at radius 3 is 2.53 bits per heavy atom. The van der Waals surface area contributed by atoms with Crippen LogP contribution in [0.5, 0.6) is 5.75 Å². The summed E-state index contributed by atoms with van der Waals surface area (Å²) in [7, 11) is 1.28. The maximum atomic E-state index is 11.2. The van der Waals surface area contributed by atoms with E-state index in [0.29, 0.717) is 13.0 Å². The van der Waals surface area contributed by atoms with Crippen LogP contribution < -0.4 is 4.74 Å².